The number of benzene rings is 2. The van der Waals surface area contributed by atoms with E-state index in [4.69, 9.17) is 0 Å². The number of nitrogens with zero attached hydrogens (tertiary/aromatic N) is 2. The van der Waals surface area contributed by atoms with E-state index in [0.29, 0.717) is 32.7 Å². The van der Waals surface area contributed by atoms with Gasteiger partial charge in [-0.3, -0.25) is 9.59 Å². The van der Waals surface area contributed by atoms with Crippen LogP contribution < -0.4 is 10.2 Å². The molecule has 1 aliphatic rings. The summed E-state index contributed by atoms with van der Waals surface area (Å²) in [7, 11) is 0. The molecule has 0 aromatic heterocycles. The summed E-state index contributed by atoms with van der Waals surface area (Å²) >= 11 is 0. The monoisotopic (exact) mass is 369 g/mol. The number of rotatable bonds is 5. The predicted octanol–water partition coefficient (Wildman–Crippen LogP) is 2.49. The number of amides is 2. The minimum absolute atomic E-state index is 0.136. The second kappa shape index (κ2) is 8.66. The fourth-order valence-electron chi connectivity index (χ4n) is 3.08. The van der Waals surface area contributed by atoms with Crippen molar-refractivity contribution in [1.82, 2.24) is 10.2 Å². The molecule has 0 radical (unpaired) electrons. The van der Waals surface area contributed by atoms with E-state index in [0.717, 1.165) is 11.3 Å². The Morgan fingerprint density at radius 3 is 2.22 bits per heavy atom. The summed E-state index contributed by atoms with van der Waals surface area (Å²) in [5, 5.41) is 2.80. The zero-order valence-corrected chi connectivity index (χ0v) is 15.5. The molecule has 0 unspecified atom stereocenters. The molecule has 5 nitrogen and oxygen atoms in total. The molecule has 2 aromatic carbocycles. The molecule has 142 valence electrons. The van der Waals surface area contributed by atoms with Crippen LogP contribution in [0.4, 0.5) is 10.1 Å². The third-order valence-electron chi connectivity index (χ3n) is 4.75. The summed E-state index contributed by atoms with van der Waals surface area (Å²) in [6.45, 7) is 4.88. The van der Waals surface area contributed by atoms with E-state index in [1.54, 1.807) is 17.0 Å². The molecule has 0 atom stereocenters. The fraction of sp³-hybridized carbons (Fsp3) is 0.333. The highest BCUT2D eigenvalue weighted by molar-refractivity contribution is 5.96. The normalized spacial score (nSPS) is 14.1. The number of carbonyl (C=O) groups excluding carboxylic acids is 2. The summed E-state index contributed by atoms with van der Waals surface area (Å²) < 4.78 is 13.0. The Bertz CT molecular complexity index is 782. The minimum atomic E-state index is -0.262. The molecule has 1 N–H and O–H groups in total. The lowest BCUT2D eigenvalue weighted by atomic mass is 10.1. The lowest BCUT2D eigenvalue weighted by Gasteiger charge is -2.36. The van der Waals surface area contributed by atoms with Crippen LogP contribution in [-0.2, 0) is 16.1 Å². The van der Waals surface area contributed by atoms with Gasteiger partial charge in [-0.1, -0.05) is 29.8 Å². The van der Waals surface area contributed by atoms with Gasteiger partial charge in [-0.25, -0.2) is 4.39 Å². The number of aryl methyl sites for hydroxylation is 1. The van der Waals surface area contributed by atoms with Crippen LogP contribution in [0.25, 0.3) is 0 Å². The number of hydrogen-bond donors (Lipinski definition) is 1. The number of halogens is 1. The maximum atomic E-state index is 13.0. The average molecular weight is 369 g/mol. The van der Waals surface area contributed by atoms with E-state index >= 15 is 0 Å². The van der Waals surface area contributed by atoms with Crippen molar-refractivity contribution in [2.75, 3.05) is 31.1 Å². The number of nitrogens with one attached hydrogen (secondary N) is 1. The molecule has 2 amide bonds. The lowest BCUT2D eigenvalue weighted by molar-refractivity contribution is -0.136. The van der Waals surface area contributed by atoms with Gasteiger partial charge in [-0.2, -0.15) is 0 Å². The van der Waals surface area contributed by atoms with Crippen molar-refractivity contribution in [3.05, 3.63) is 65.5 Å². The Hall–Kier alpha value is -2.89. The largest absolute Gasteiger partial charge is 0.368 e. The average Bonchev–Trinajstić information content (AvgIpc) is 2.68. The molecule has 0 spiro atoms. The summed E-state index contributed by atoms with van der Waals surface area (Å²) in [6, 6.07) is 14.3. The molecule has 1 saturated heterocycles. The summed E-state index contributed by atoms with van der Waals surface area (Å²) in [4.78, 5) is 28.2. The first-order valence-corrected chi connectivity index (χ1v) is 9.12. The summed E-state index contributed by atoms with van der Waals surface area (Å²) in [5.74, 6) is -0.680. The third-order valence-corrected chi connectivity index (χ3v) is 4.75. The van der Waals surface area contributed by atoms with Crippen LogP contribution in [0.5, 0.6) is 0 Å². The highest BCUT2D eigenvalue weighted by Gasteiger charge is 2.22. The van der Waals surface area contributed by atoms with Crippen molar-refractivity contribution in [2.24, 2.45) is 0 Å². The molecular weight excluding hydrogens is 345 g/mol. The number of hydrogen-bond acceptors (Lipinski definition) is 3. The first-order chi connectivity index (χ1) is 13.0. The molecule has 6 heteroatoms. The lowest BCUT2D eigenvalue weighted by Crippen LogP contribution is -2.49. The minimum Gasteiger partial charge on any atom is -0.368 e. The van der Waals surface area contributed by atoms with Crippen molar-refractivity contribution >= 4 is 17.5 Å². The van der Waals surface area contributed by atoms with Gasteiger partial charge in [0.15, 0.2) is 0 Å². The second-order valence-electron chi connectivity index (χ2n) is 6.78. The number of anilines is 1. The number of carbonyl (C=O) groups is 2. The van der Waals surface area contributed by atoms with Crippen LogP contribution in [0.1, 0.15) is 17.5 Å². The Balaban J connectivity index is 1.42. The maximum absolute atomic E-state index is 13.0. The van der Waals surface area contributed by atoms with E-state index in [1.807, 2.05) is 31.2 Å². The van der Waals surface area contributed by atoms with Gasteiger partial charge in [0.05, 0.1) is 0 Å². The van der Waals surface area contributed by atoms with Crippen molar-refractivity contribution in [1.29, 1.82) is 0 Å². The van der Waals surface area contributed by atoms with Gasteiger partial charge < -0.3 is 15.1 Å². The van der Waals surface area contributed by atoms with Gasteiger partial charge in [0.1, 0.15) is 12.2 Å². The highest BCUT2D eigenvalue weighted by Crippen LogP contribution is 2.17. The molecule has 2 aromatic rings. The Kier molecular flexibility index (Phi) is 6.06. The van der Waals surface area contributed by atoms with Gasteiger partial charge >= 0.3 is 0 Å². The first kappa shape index (κ1) is 18.9. The summed E-state index contributed by atoms with van der Waals surface area (Å²) in [5.41, 5.74) is 3.12. The molecule has 1 aliphatic heterocycles. The van der Waals surface area contributed by atoms with Gasteiger partial charge in [-0.05, 0) is 36.8 Å². The molecule has 1 fully saturated rings. The van der Waals surface area contributed by atoms with E-state index in [-0.39, 0.29) is 24.1 Å². The van der Waals surface area contributed by atoms with Gasteiger partial charge in [0, 0.05) is 38.4 Å². The molecule has 3 rings (SSSR count). The summed E-state index contributed by atoms with van der Waals surface area (Å²) in [6.07, 6.45) is -0.136. The Morgan fingerprint density at radius 2 is 1.59 bits per heavy atom. The SMILES string of the molecule is Cc1ccc(CNC(=O)CC(=O)N2CCN(c3ccc(F)cc3)CC2)cc1. The van der Waals surface area contributed by atoms with Crippen LogP contribution in [-0.4, -0.2) is 42.9 Å². The smallest absolute Gasteiger partial charge is 0.232 e. The maximum Gasteiger partial charge on any atom is 0.232 e. The zero-order chi connectivity index (χ0) is 19.2. The van der Waals surface area contributed by atoms with Crippen LogP contribution >= 0.6 is 0 Å². The van der Waals surface area contributed by atoms with Gasteiger partial charge in [0.25, 0.3) is 0 Å². The molecule has 1 heterocycles. The topological polar surface area (TPSA) is 52.7 Å². The Labute approximate surface area is 158 Å². The standard InChI is InChI=1S/C21H24FN3O2/c1-16-2-4-17(5-3-16)15-23-20(26)14-21(27)25-12-10-24(11-13-25)19-8-6-18(22)7-9-19/h2-9H,10-15H2,1H3,(H,23,26). The van der Waals surface area contributed by atoms with Gasteiger partial charge in [-0.15, -0.1) is 0 Å². The molecule has 27 heavy (non-hydrogen) atoms. The predicted molar refractivity (Wildman–Crippen MR) is 103 cm³/mol. The quantitative estimate of drug-likeness (QED) is 0.824. The van der Waals surface area contributed by atoms with Crippen molar-refractivity contribution in [3.63, 3.8) is 0 Å². The van der Waals surface area contributed by atoms with E-state index in [2.05, 4.69) is 10.2 Å². The van der Waals surface area contributed by atoms with Crippen molar-refractivity contribution < 1.29 is 14.0 Å². The molecule has 0 bridgehead atoms. The van der Waals surface area contributed by atoms with Crippen molar-refractivity contribution in [3.8, 4) is 0 Å². The number of piperazine rings is 1. The molecule has 0 saturated carbocycles. The van der Waals surface area contributed by atoms with Crippen LogP contribution in [0.3, 0.4) is 0 Å². The van der Waals surface area contributed by atoms with E-state index in [1.165, 1.54) is 17.7 Å². The Morgan fingerprint density at radius 1 is 0.963 bits per heavy atom. The van der Waals surface area contributed by atoms with Crippen LogP contribution in [0.15, 0.2) is 48.5 Å². The third kappa shape index (κ3) is 5.29. The van der Waals surface area contributed by atoms with E-state index in [9.17, 15) is 14.0 Å². The van der Waals surface area contributed by atoms with Crippen LogP contribution in [0.2, 0.25) is 0 Å². The molecular formula is C21H24FN3O2. The zero-order valence-electron chi connectivity index (χ0n) is 15.5. The van der Waals surface area contributed by atoms with Crippen molar-refractivity contribution in [2.45, 2.75) is 19.9 Å². The first-order valence-electron chi connectivity index (χ1n) is 9.12. The van der Waals surface area contributed by atoms with Crippen LogP contribution in [0, 0.1) is 12.7 Å². The second-order valence-corrected chi connectivity index (χ2v) is 6.78. The fourth-order valence-corrected chi connectivity index (χ4v) is 3.08. The highest BCUT2D eigenvalue weighted by atomic mass is 19.1. The van der Waals surface area contributed by atoms with Gasteiger partial charge in [0.2, 0.25) is 11.8 Å². The van der Waals surface area contributed by atoms with E-state index < -0.39 is 0 Å². The molecule has 0 aliphatic carbocycles.